The van der Waals surface area contributed by atoms with E-state index < -0.39 is 0 Å². The van der Waals surface area contributed by atoms with Gasteiger partial charge in [0, 0.05) is 13.1 Å². The first-order valence-corrected chi connectivity index (χ1v) is 5.75. The van der Waals surface area contributed by atoms with Crippen molar-refractivity contribution >= 4 is 17.2 Å². The number of hydrogen-bond acceptors (Lipinski definition) is 3. The number of hydrogen-bond donors (Lipinski definition) is 2. The second kappa shape index (κ2) is 3.24. The highest BCUT2D eigenvalue weighted by molar-refractivity contribution is 7.13. The van der Waals surface area contributed by atoms with Crippen molar-refractivity contribution in [3.63, 3.8) is 0 Å². The van der Waals surface area contributed by atoms with Crippen LogP contribution in [0.5, 0.6) is 0 Å². The third-order valence-corrected chi connectivity index (χ3v) is 3.64. The van der Waals surface area contributed by atoms with Gasteiger partial charge in [-0.3, -0.25) is 5.41 Å². The van der Waals surface area contributed by atoms with Crippen LogP contribution >= 0.6 is 11.3 Å². The molecule has 2 heterocycles. The molecule has 15 heavy (non-hydrogen) atoms. The van der Waals surface area contributed by atoms with Crippen LogP contribution in [0.2, 0.25) is 0 Å². The number of nitrogens with one attached hydrogen (secondary N) is 2. The average Bonchev–Trinajstić information content (AvgIpc) is 2.84. The van der Waals surface area contributed by atoms with E-state index in [1.165, 1.54) is 21.8 Å². The van der Waals surface area contributed by atoms with Crippen LogP contribution in [0.15, 0.2) is 30.3 Å². The van der Waals surface area contributed by atoms with E-state index >= 15 is 0 Å². The van der Waals surface area contributed by atoms with Crippen LogP contribution in [-0.2, 0) is 6.54 Å². The SMILES string of the molecule is N=c1sc(-c2ccccc2)c2n1CCN2. The Balaban J connectivity index is 2.22. The molecule has 3 rings (SSSR count). The predicted octanol–water partition coefficient (Wildman–Crippen LogP) is 2.12. The van der Waals surface area contributed by atoms with E-state index in [-0.39, 0.29) is 0 Å². The maximum Gasteiger partial charge on any atom is 0.184 e. The van der Waals surface area contributed by atoms with E-state index in [0.29, 0.717) is 4.80 Å². The first-order chi connectivity index (χ1) is 7.36. The van der Waals surface area contributed by atoms with Crippen molar-refractivity contribution in [1.29, 1.82) is 5.41 Å². The monoisotopic (exact) mass is 217 g/mol. The van der Waals surface area contributed by atoms with Gasteiger partial charge in [0.05, 0.1) is 4.88 Å². The fraction of sp³-hybridized carbons (Fsp3) is 0.182. The van der Waals surface area contributed by atoms with Gasteiger partial charge in [0.15, 0.2) is 4.80 Å². The molecule has 0 radical (unpaired) electrons. The maximum absolute atomic E-state index is 7.86. The van der Waals surface area contributed by atoms with Crippen molar-refractivity contribution in [3.05, 3.63) is 35.1 Å². The third-order valence-electron chi connectivity index (χ3n) is 2.59. The van der Waals surface area contributed by atoms with Gasteiger partial charge in [-0.2, -0.15) is 0 Å². The number of thiazole rings is 1. The maximum atomic E-state index is 7.86. The van der Waals surface area contributed by atoms with Gasteiger partial charge in [0.2, 0.25) is 0 Å². The second-order valence-corrected chi connectivity index (χ2v) is 4.53. The molecule has 0 unspecified atom stereocenters. The van der Waals surface area contributed by atoms with Gasteiger partial charge in [0.25, 0.3) is 0 Å². The van der Waals surface area contributed by atoms with Gasteiger partial charge in [0.1, 0.15) is 5.82 Å². The Bertz CT molecular complexity index is 539. The van der Waals surface area contributed by atoms with E-state index in [1.54, 1.807) is 0 Å². The minimum Gasteiger partial charge on any atom is -0.368 e. The number of rotatable bonds is 1. The lowest BCUT2D eigenvalue weighted by molar-refractivity contribution is 0.769. The van der Waals surface area contributed by atoms with Crippen molar-refractivity contribution in [2.24, 2.45) is 0 Å². The topological polar surface area (TPSA) is 40.8 Å². The van der Waals surface area contributed by atoms with E-state index in [9.17, 15) is 0 Å². The number of anilines is 1. The smallest absolute Gasteiger partial charge is 0.184 e. The highest BCUT2D eigenvalue weighted by Gasteiger charge is 2.18. The minimum atomic E-state index is 0.633. The molecule has 2 N–H and O–H groups in total. The largest absolute Gasteiger partial charge is 0.368 e. The summed E-state index contributed by atoms with van der Waals surface area (Å²) in [6.45, 7) is 1.85. The summed E-state index contributed by atoms with van der Waals surface area (Å²) in [6, 6.07) is 10.3. The second-order valence-electron chi connectivity index (χ2n) is 3.53. The van der Waals surface area contributed by atoms with Gasteiger partial charge < -0.3 is 9.88 Å². The summed E-state index contributed by atoms with van der Waals surface area (Å²) in [4.78, 5) is 1.81. The van der Waals surface area contributed by atoms with Gasteiger partial charge in [-0.15, -0.1) is 0 Å². The predicted molar refractivity (Wildman–Crippen MR) is 62.1 cm³/mol. The molecule has 1 aliphatic heterocycles. The Kier molecular flexibility index (Phi) is 1.89. The van der Waals surface area contributed by atoms with Crippen LogP contribution in [0.4, 0.5) is 5.82 Å². The van der Waals surface area contributed by atoms with Gasteiger partial charge in [-0.25, -0.2) is 0 Å². The minimum absolute atomic E-state index is 0.633. The Morgan fingerprint density at radius 1 is 1.27 bits per heavy atom. The summed E-state index contributed by atoms with van der Waals surface area (Å²) in [7, 11) is 0. The molecule has 0 saturated carbocycles. The molecule has 0 atom stereocenters. The fourth-order valence-corrected chi connectivity index (χ4v) is 2.90. The molecule has 0 amide bonds. The zero-order valence-electron chi connectivity index (χ0n) is 8.16. The zero-order valence-corrected chi connectivity index (χ0v) is 8.97. The first-order valence-electron chi connectivity index (χ1n) is 4.94. The lowest BCUT2D eigenvalue weighted by Crippen LogP contribution is -2.09. The number of aromatic nitrogens is 1. The molecule has 76 valence electrons. The van der Waals surface area contributed by atoms with Crippen LogP contribution in [0, 0.1) is 5.41 Å². The molecular weight excluding hydrogens is 206 g/mol. The summed E-state index contributed by atoms with van der Waals surface area (Å²) >= 11 is 1.54. The van der Waals surface area contributed by atoms with Crippen LogP contribution in [-0.4, -0.2) is 11.1 Å². The molecule has 4 heteroatoms. The summed E-state index contributed by atoms with van der Waals surface area (Å²) in [5.74, 6) is 1.11. The van der Waals surface area contributed by atoms with Crippen LogP contribution in [0.1, 0.15) is 0 Å². The third kappa shape index (κ3) is 1.29. The lowest BCUT2D eigenvalue weighted by Gasteiger charge is -2.00. The molecule has 1 aromatic heterocycles. The molecule has 0 saturated heterocycles. The van der Waals surface area contributed by atoms with Crippen LogP contribution < -0.4 is 10.1 Å². The zero-order chi connectivity index (χ0) is 10.3. The molecular formula is C11H11N3S. The van der Waals surface area contributed by atoms with E-state index in [4.69, 9.17) is 5.41 Å². The van der Waals surface area contributed by atoms with E-state index in [2.05, 4.69) is 17.4 Å². The average molecular weight is 217 g/mol. The molecule has 3 nitrogen and oxygen atoms in total. The first kappa shape index (κ1) is 8.73. The van der Waals surface area contributed by atoms with Crippen molar-refractivity contribution < 1.29 is 0 Å². The van der Waals surface area contributed by atoms with E-state index in [0.717, 1.165) is 18.9 Å². The molecule has 0 fully saturated rings. The Morgan fingerprint density at radius 2 is 2.07 bits per heavy atom. The quantitative estimate of drug-likeness (QED) is 0.754. The molecule has 0 bridgehead atoms. The number of benzene rings is 1. The highest BCUT2D eigenvalue weighted by Crippen LogP contribution is 2.32. The lowest BCUT2D eigenvalue weighted by atomic mass is 10.2. The standard InChI is InChI=1S/C11H11N3S/c12-11-14-7-6-13-10(14)9(15-11)8-4-2-1-3-5-8/h1-5,12-13H,6-7H2. The van der Waals surface area contributed by atoms with Gasteiger partial charge in [-0.1, -0.05) is 41.7 Å². The fourth-order valence-electron chi connectivity index (χ4n) is 1.88. The van der Waals surface area contributed by atoms with Crippen molar-refractivity contribution in [2.45, 2.75) is 6.54 Å². The summed E-state index contributed by atoms with van der Waals surface area (Å²) in [5, 5.41) is 11.2. The molecule has 0 aliphatic carbocycles. The molecule has 1 aromatic carbocycles. The summed E-state index contributed by atoms with van der Waals surface area (Å²) in [6.07, 6.45) is 0. The van der Waals surface area contributed by atoms with Gasteiger partial charge >= 0.3 is 0 Å². The van der Waals surface area contributed by atoms with Crippen molar-refractivity contribution in [1.82, 2.24) is 4.57 Å². The van der Waals surface area contributed by atoms with Crippen LogP contribution in [0.25, 0.3) is 10.4 Å². The van der Waals surface area contributed by atoms with Crippen LogP contribution in [0.3, 0.4) is 0 Å². The summed E-state index contributed by atoms with van der Waals surface area (Å²) in [5.41, 5.74) is 1.19. The van der Waals surface area contributed by atoms with Crippen molar-refractivity contribution in [3.8, 4) is 10.4 Å². The number of nitrogens with zero attached hydrogens (tertiary/aromatic N) is 1. The van der Waals surface area contributed by atoms with E-state index in [1.807, 2.05) is 22.8 Å². The normalized spacial score (nSPS) is 13.6. The number of fused-ring (bicyclic) bond motifs is 1. The summed E-state index contributed by atoms with van der Waals surface area (Å²) < 4.78 is 2.03. The Morgan fingerprint density at radius 3 is 2.87 bits per heavy atom. The van der Waals surface area contributed by atoms with Gasteiger partial charge in [-0.05, 0) is 5.56 Å². The highest BCUT2D eigenvalue weighted by atomic mass is 32.1. The van der Waals surface area contributed by atoms with Crippen molar-refractivity contribution in [2.75, 3.05) is 11.9 Å². The Hall–Kier alpha value is -1.55. The Labute approximate surface area is 91.5 Å². The molecule has 0 spiro atoms. The molecule has 1 aliphatic rings. The molecule has 2 aromatic rings.